The van der Waals surface area contributed by atoms with E-state index in [2.05, 4.69) is 0 Å². The molecule has 5 nitrogen and oxygen atoms in total. The molecule has 1 aliphatic heterocycles. The highest BCUT2D eigenvalue weighted by molar-refractivity contribution is 5.83. The fraction of sp³-hybridized carbons (Fsp3) is 0.333. The first-order valence-corrected chi connectivity index (χ1v) is 6.47. The molecule has 3 N–H and O–H groups in total. The zero-order valence-electron chi connectivity index (χ0n) is 10.7. The lowest BCUT2D eigenvalue weighted by atomic mass is 10.1. The van der Waals surface area contributed by atoms with Crippen molar-refractivity contribution < 1.29 is 24.8 Å². The monoisotopic (exact) mass is 276 g/mol. The van der Waals surface area contributed by atoms with Gasteiger partial charge in [0, 0.05) is 0 Å². The molecule has 5 heteroatoms. The van der Waals surface area contributed by atoms with Crippen molar-refractivity contribution in [2.75, 3.05) is 6.61 Å². The number of aliphatic hydroxyl groups excluding tert-OH is 3. The Balaban J connectivity index is 1.79. The molecule has 3 rings (SSSR count). The molecule has 0 bridgehead atoms. The predicted molar refractivity (Wildman–Crippen MR) is 72.3 cm³/mol. The van der Waals surface area contributed by atoms with E-state index < -0.39 is 24.6 Å². The van der Waals surface area contributed by atoms with Crippen LogP contribution in [0, 0.1) is 0 Å². The van der Waals surface area contributed by atoms with E-state index in [0.717, 1.165) is 10.8 Å². The summed E-state index contributed by atoms with van der Waals surface area (Å²) in [4.78, 5) is 0. The van der Waals surface area contributed by atoms with Gasteiger partial charge in [0.05, 0.1) is 6.61 Å². The Labute approximate surface area is 116 Å². The van der Waals surface area contributed by atoms with Crippen LogP contribution < -0.4 is 4.74 Å². The van der Waals surface area contributed by atoms with Crippen LogP contribution in [-0.2, 0) is 4.74 Å². The lowest BCUT2D eigenvalue weighted by Crippen LogP contribution is -2.35. The third-order valence-corrected chi connectivity index (χ3v) is 3.47. The number of benzene rings is 2. The van der Waals surface area contributed by atoms with Crippen LogP contribution in [0.15, 0.2) is 42.5 Å². The minimum atomic E-state index is -1.18. The number of rotatable bonds is 3. The first-order chi connectivity index (χ1) is 9.69. The maximum Gasteiger partial charge on any atom is 0.229 e. The number of hydrogen-bond donors (Lipinski definition) is 3. The fourth-order valence-corrected chi connectivity index (χ4v) is 2.34. The van der Waals surface area contributed by atoms with Crippen LogP contribution in [0.25, 0.3) is 10.8 Å². The molecule has 2 aromatic carbocycles. The summed E-state index contributed by atoms with van der Waals surface area (Å²) in [5.74, 6) is 0.540. The zero-order chi connectivity index (χ0) is 14.1. The van der Waals surface area contributed by atoms with Gasteiger partial charge in [0.2, 0.25) is 6.29 Å². The molecule has 4 atom stereocenters. The van der Waals surface area contributed by atoms with E-state index in [1.807, 2.05) is 36.4 Å². The summed E-state index contributed by atoms with van der Waals surface area (Å²) in [6, 6.07) is 13.4. The van der Waals surface area contributed by atoms with Gasteiger partial charge in [-0.2, -0.15) is 0 Å². The maximum atomic E-state index is 9.82. The second-order valence-electron chi connectivity index (χ2n) is 4.83. The molecule has 1 aliphatic rings. The third-order valence-electron chi connectivity index (χ3n) is 3.47. The molecule has 1 saturated heterocycles. The molecule has 0 aliphatic carbocycles. The van der Waals surface area contributed by atoms with Gasteiger partial charge in [0.1, 0.15) is 24.1 Å². The smallest absolute Gasteiger partial charge is 0.229 e. The van der Waals surface area contributed by atoms with Crippen molar-refractivity contribution in [3.63, 3.8) is 0 Å². The Morgan fingerprint density at radius 1 is 1.00 bits per heavy atom. The first-order valence-electron chi connectivity index (χ1n) is 6.47. The van der Waals surface area contributed by atoms with Crippen LogP contribution in [0.4, 0.5) is 0 Å². The van der Waals surface area contributed by atoms with Crippen LogP contribution in [0.1, 0.15) is 0 Å². The average molecular weight is 276 g/mol. The zero-order valence-corrected chi connectivity index (χ0v) is 10.7. The Bertz CT molecular complexity index is 600. The number of aliphatic hydroxyl groups is 3. The van der Waals surface area contributed by atoms with Gasteiger partial charge < -0.3 is 24.8 Å². The van der Waals surface area contributed by atoms with E-state index in [9.17, 15) is 10.2 Å². The van der Waals surface area contributed by atoms with Gasteiger partial charge in [-0.05, 0) is 22.9 Å². The minimum absolute atomic E-state index is 0.365. The van der Waals surface area contributed by atoms with Crippen molar-refractivity contribution in [1.82, 2.24) is 0 Å². The topological polar surface area (TPSA) is 79.2 Å². The van der Waals surface area contributed by atoms with Crippen molar-refractivity contribution in [3.05, 3.63) is 42.5 Å². The summed E-state index contributed by atoms with van der Waals surface area (Å²) >= 11 is 0. The largest absolute Gasteiger partial charge is 0.462 e. The lowest BCUT2D eigenvalue weighted by molar-refractivity contribution is -0.116. The SMILES string of the molecule is OC[C@H]1O[C@@H](Oc2ccc3ccccc3c2)[C@H](O)[C@H]1O. The van der Waals surface area contributed by atoms with Gasteiger partial charge in [-0.3, -0.25) is 0 Å². The van der Waals surface area contributed by atoms with Crippen molar-refractivity contribution in [3.8, 4) is 5.75 Å². The molecule has 0 unspecified atom stereocenters. The summed E-state index contributed by atoms with van der Waals surface area (Å²) in [6.45, 7) is -0.365. The predicted octanol–water partition coefficient (Wildman–Crippen LogP) is 0.658. The molecule has 0 saturated carbocycles. The molecule has 106 valence electrons. The van der Waals surface area contributed by atoms with Gasteiger partial charge in [-0.1, -0.05) is 30.3 Å². The van der Waals surface area contributed by atoms with E-state index in [4.69, 9.17) is 14.6 Å². The van der Waals surface area contributed by atoms with E-state index in [1.54, 1.807) is 6.07 Å². The Morgan fingerprint density at radius 2 is 1.75 bits per heavy atom. The van der Waals surface area contributed by atoms with Gasteiger partial charge in [0.15, 0.2) is 0 Å². The molecule has 0 spiro atoms. The molecule has 1 fully saturated rings. The first kappa shape index (κ1) is 13.3. The van der Waals surface area contributed by atoms with Crippen LogP contribution >= 0.6 is 0 Å². The molecule has 0 radical (unpaired) electrons. The maximum absolute atomic E-state index is 9.82. The van der Waals surface area contributed by atoms with Crippen molar-refractivity contribution in [2.45, 2.75) is 24.6 Å². The summed E-state index contributed by atoms with van der Waals surface area (Å²) in [5.41, 5.74) is 0. The quantitative estimate of drug-likeness (QED) is 0.767. The lowest BCUT2D eigenvalue weighted by Gasteiger charge is -2.17. The van der Waals surface area contributed by atoms with Crippen molar-refractivity contribution >= 4 is 10.8 Å². The Morgan fingerprint density at radius 3 is 2.45 bits per heavy atom. The number of ether oxygens (including phenoxy) is 2. The Hall–Kier alpha value is -1.66. The van der Waals surface area contributed by atoms with E-state index >= 15 is 0 Å². The van der Waals surface area contributed by atoms with Crippen molar-refractivity contribution in [1.29, 1.82) is 0 Å². The second kappa shape index (κ2) is 5.38. The molecule has 1 heterocycles. The third kappa shape index (κ3) is 2.36. The Kier molecular flexibility index (Phi) is 3.58. The van der Waals surface area contributed by atoms with E-state index in [1.165, 1.54) is 0 Å². The summed E-state index contributed by atoms with van der Waals surface area (Å²) in [7, 11) is 0. The van der Waals surface area contributed by atoms with E-state index in [0.29, 0.717) is 5.75 Å². The van der Waals surface area contributed by atoms with Crippen LogP contribution in [0.5, 0.6) is 5.75 Å². The van der Waals surface area contributed by atoms with Gasteiger partial charge in [0.25, 0.3) is 0 Å². The van der Waals surface area contributed by atoms with E-state index in [-0.39, 0.29) is 6.61 Å². The summed E-state index contributed by atoms with van der Waals surface area (Å²) < 4.78 is 10.8. The standard InChI is InChI=1S/C15H16O5/c16-8-12-13(17)14(18)15(20-12)19-11-6-5-9-3-1-2-4-10(9)7-11/h1-7,12-18H,8H2/t12-,13+,14-,15-/m1/s1. The van der Waals surface area contributed by atoms with Gasteiger partial charge >= 0.3 is 0 Å². The van der Waals surface area contributed by atoms with Crippen LogP contribution in [-0.4, -0.2) is 46.5 Å². The fourth-order valence-electron chi connectivity index (χ4n) is 2.34. The van der Waals surface area contributed by atoms with Crippen molar-refractivity contribution in [2.24, 2.45) is 0 Å². The van der Waals surface area contributed by atoms with Gasteiger partial charge in [-0.15, -0.1) is 0 Å². The summed E-state index contributed by atoms with van der Waals surface area (Å²) in [5, 5.41) is 30.6. The van der Waals surface area contributed by atoms with Crippen LogP contribution in [0.3, 0.4) is 0 Å². The minimum Gasteiger partial charge on any atom is -0.462 e. The highest BCUT2D eigenvalue weighted by Gasteiger charge is 2.43. The average Bonchev–Trinajstić information content (AvgIpc) is 2.75. The second-order valence-corrected chi connectivity index (χ2v) is 4.83. The molecular weight excluding hydrogens is 260 g/mol. The van der Waals surface area contributed by atoms with Gasteiger partial charge in [-0.25, -0.2) is 0 Å². The highest BCUT2D eigenvalue weighted by Crippen LogP contribution is 2.26. The molecule has 2 aromatic rings. The molecule has 0 amide bonds. The van der Waals surface area contributed by atoms with Crippen LogP contribution in [0.2, 0.25) is 0 Å². The molecule has 0 aromatic heterocycles. The highest BCUT2D eigenvalue weighted by atomic mass is 16.7. The summed E-state index contributed by atoms with van der Waals surface area (Å²) in [6.07, 6.45) is -4.14. The molecule has 20 heavy (non-hydrogen) atoms. The number of hydrogen-bond acceptors (Lipinski definition) is 5. The number of fused-ring (bicyclic) bond motifs is 1. The molecular formula is C15H16O5. The normalized spacial score (nSPS) is 29.8.